The number of ether oxygens (including phenoxy) is 1. The minimum absolute atomic E-state index is 0.0280. The van der Waals surface area contributed by atoms with Gasteiger partial charge in [0.1, 0.15) is 23.9 Å². The maximum atomic E-state index is 13.1. The topological polar surface area (TPSA) is 73.1 Å². The Morgan fingerprint density at radius 3 is 2.61 bits per heavy atom. The number of benzene rings is 1. The zero-order valence-corrected chi connectivity index (χ0v) is 15.5. The fraction of sp³-hybridized carbons (Fsp3) is 0.300. The van der Waals surface area contributed by atoms with Crippen LogP contribution < -0.4 is 4.74 Å². The van der Waals surface area contributed by atoms with E-state index < -0.39 is 0 Å². The number of aryl methyl sites for hydroxylation is 1. The summed E-state index contributed by atoms with van der Waals surface area (Å²) in [6.07, 6.45) is 4.59. The van der Waals surface area contributed by atoms with Crippen molar-refractivity contribution in [1.82, 2.24) is 24.6 Å². The van der Waals surface area contributed by atoms with Crippen LogP contribution in [-0.4, -0.2) is 49.7 Å². The molecule has 2 aromatic heterocycles. The Bertz CT molecular complexity index is 950. The molecule has 144 valence electrons. The van der Waals surface area contributed by atoms with Crippen molar-refractivity contribution in [1.29, 1.82) is 0 Å². The average molecular weight is 381 g/mol. The van der Waals surface area contributed by atoms with Crippen LogP contribution in [0, 0.1) is 5.82 Å². The van der Waals surface area contributed by atoms with E-state index in [1.807, 2.05) is 4.90 Å². The predicted molar refractivity (Wildman–Crippen MR) is 100 cm³/mol. The number of carbonyl (C=O) groups excluding carboxylic acids is 1. The van der Waals surface area contributed by atoms with Crippen LogP contribution in [0.2, 0.25) is 0 Å². The van der Waals surface area contributed by atoms with Gasteiger partial charge in [0.05, 0.1) is 5.69 Å². The number of rotatable bonds is 4. The smallest absolute Gasteiger partial charge is 0.272 e. The Balaban J connectivity index is 1.41. The van der Waals surface area contributed by atoms with Gasteiger partial charge < -0.3 is 9.64 Å². The highest BCUT2D eigenvalue weighted by molar-refractivity contribution is 5.93. The highest BCUT2D eigenvalue weighted by Gasteiger charge is 2.27. The van der Waals surface area contributed by atoms with Gasteiger partial charge in [-0.05, 0) is 30.3 Å². The molecule has 0 atom stereocenters. The van der Waals surface area contributed by atoms with Gasteiger partial charge in [-0.1, -0.05) is 0 Å². The summed E-state index contributed by atoms with van der Waals surface area (Å²) in [5.74, 6) is 0.183. The van der Waals surface area contributed by atoms with E-state index in [-0.39, 0.29) is 17.8 Å². The number of amides is 1. The lowest BCUT2D eigenvalue weighted by molar-refractivity contribution is 0.0578. The summed E-state index contributed by atoms with van der Waals surface area (Å²) in [6.45, 7) is 1.21. The second-order valence-electron chi connectivity index (χ2n) is 6.70. The second kappa shape index (κ2) is 7.75. The minimum atomic E-state index is -0.303. The second-order valence-corrected chi connectivity index (χ2v) is 6.70. The lowest BCUT2D eigenvalue weighted by Crippen LogP contribution is -2.42. The molecule has 8 heteroatoms. The normalized spacial score (nSPS) is 14.9. The third-order valence-electron chi connectivity index (χ3n) is 4.81. The number of hydrogen-bond donors (Lipinski definition) is 0. The molecule has 0 saturated carbocycles. The summed E-state index contributed by atoms with van der Waals surface area (Å²) < 4.78 is 20.5. The van der Waals surface area contributed by atoms with Crippen LogP contribution in [0.1, 0.15) is 23.3 Å². The van der Waals surface area contributed by atoms with Crippen molar-refractivity contribution in [2.24, 2.45) is 7.05 Å². The predicted octanol–water partition coefficient (Wildman–Crippen LogP) is 2.70. The van der Waals surface area contributed by atoms with Crippen molar-refractivity contribution in [3.8, 4) is 17.1 Å². The fourth-order valence-corrected chi connectivity index (χ4v) is 3.29. The average Bonchev–Trinajstić information content (AvgIpc) is 3.11. The maximum Gasteiger partial charge on any atom is 0.272 e. The van der Waals surface area contributed by atoms with Gasteiger partial charge in [0.2, 0.25) is 5.88 Å². The third kappa shape index (κ3) is 3.85. The van der Waals surface area contributed by atoms with Gasteiger partial charge in [-0.3, -0.25) is 9.48 Å². The molecule has 7 nitrogen and oxygen atoms in total. The van der Waals surface area contributed by atoms with Crippen LogP contribution in [0.15, 0.2) is 48.9 Å². The van der Waals surface area contributed by atoms with Gasteiger partial charge in [0, 0.05) is 50.8 Å². The van der Waals surface area contributed by atoms with Crippen molar-refractivity contribution in [3.63, 3.8) is 0 Å². The van der Waals surface area contributed by atoms with Crippen LogP contribution in [0.5, 0.6) is 5.88 Å². The summed E-state index contributed by atoms with van der Waals surface area (Å²) in [7, 11) is 1.74. The number of likely N-dealkylation sites (tertiary alicyclic amines) is 1. The van der Waals surface area contributed by atoms with E-state index in [4.69, 9.17) is 4.74 Å². The first kappa shape index (κ1) is 18.1. The molecule has 1 saturated heterocycles. The van der Waals surface area contributed by atoms with E-state index in [1.165, 1.54) is 18.5 Å². The van der Waals surface area contributed by atoms with Gasteiger partial charge in [-0.25, -0.2) is 14.4 Å². The summed E-state index contributed by atoms with van der Waals surface area (Å²) in [6, 6.07) is 9.55. The highest BCUT2D eigenvalue weighted by Crippen LogP contribution is 2.22. The molecule has 1 amide bonds. The Labute approximate surface area is 161 Å². The monoisotopic (exact) mass is 381 g/mol. The summed E-state index contributed by atoms with van der Waals surface area (Å²) in [5, 5.41) is 4.41. The summed E-state index contributed by atoms with van der Waals surface area (Å²) in [5.41, 5.74) is 1.93. The molecule has 3 heterocycles. The molecule has 28 heavy (non-hydrogen) atoms. The number of carbonyl (C=O) groups is 1. The van der Waals surface area contributed by atoms with Crippen molar-refractivity contribution >= 4 is 5.91 Å². The number of hydrogen-bond acceptors (Lipinski definition) is 5. The van der Waals surface area contributed by atoms with E-state index in [2.05, 4.69) is 15.1 Å². The number of nitrogens with zero attached hydrogens (tertiary/aromatic N) is 5. The van der Waals surface area contributed by atoms with Crippen molar-refractivity contribution in [2.45, 2.75) is 18.9 Å². The first-order valence-electron chi connectivity index (χ1n) is 9.12. The van der Waals surface area contributed by atoms with Crippen LogP contribution in [0.25, 0.3) is 11.3 Å². The Kier molecular flexibility index (Phi) is 5.01. The van der Waals surface area contributed by atoms with Crippen LogP contribution >= 0.6 is 0 Å². The first-order valence-corrected chi connectivity index (χ1v) is 9.12. The Hall–Kier alpha value is -3.29. The molecule has 1 aliphatic heterocycles. The van der Waals surface area contributed by atoms with Gasteiger partial charge >= 0.3 is 0 Å². The molecule has 3 aromatic rings. The molecule has 0 spiro atoms. The third-order valence-corrected chi connectivity index (χ3v) is 4.81. The minimum Gasteiger partial charge on any atom is -0.474 e. The molecule has 0 unspecified atom stereocenters. The van der Waals surface area contributed by atoms with Gasteiger partial charge in [-0.15, -0.1) is 0 Å². The standard InChI is InChI=1S/C20H20FN5O2/c1-25-18(12-17(24-25)14-2-4-15(21)5-3-14)20(27)26-10-7-16(8-11-26)28-19-6-9-22-13-23-19/h2-6,9,12-13,16H,7-8,10-11H2,1H3. The molecule has 0 bridgehead atoms. The van der Waals surface area contributed by atoms with Gasteiger partial charge in [0.15, 0.2) is 0 Å². The first-order chi connectivity index (χ1) is 13.6. The van der Waals surface area contributed by atoms with Crippen molar-refractivity contribution in [3.05, 3.63) is 60.4 Å². The molecule has 0 N–H and O–H groups in total. The zero-order chi connectivity index (χ0) is 19.5. The van der Waals surface area contributed by atoms with E-state index in [9.17, 15) is 9.18 Å². The Morgan fingerprint density at radius 2 is 1.93 bits per heavy atom. The van der Waals surface area contributed by atoms with Crippen molar-refractivity contribution < 1.29 is 13.9 Å². The van der Waals surface area contributed by atoms with E-state index in [1.54, 1.807) is 42.2 Å². The fourth-order valence-electron chi connectivity index (χ4n) is 3.29. The molecule has 4 rings (SSSR count). The van der Waals surface area contributed by atoms with E-state index in [0.717, 1.165) is 18.4 Å². The lowest BCUT2D eigenvalue weighted by Gasteiger charge is -2.31. The van der Waals surface area contributed by atoms with Gasteiger partial charge in [0.25, 0.3) is 5.91 Å². The molecule has 0 radical (unpaired) electrons. The molecule has 0 aliphatic carbocycles. The molecule has 1 aromatic carbocycles. The molecule has 1 aliphatic rings. The number of piperidine rings is 1. The molecular formula is C20H20FN5O2. The number of halogens is 1. The quantitative estimate of drug-likeness (QED) is 0.695. The molecule has 1 fully saturated rings. The summed E-state index contributed by atoms with van der Waals surface area (Å²) >= 11 is 0. The van der Waals surface area contributed by atoms with Crippen LogP contribution in [-0.2, 0) is 7.05 Å². The highest BCUT2D eigenvalue weighted by atomic mass is 19.1. The summed E-state index contributed by atoms with van der Waals surface area (Å²) in [4.78, 5) is 22.7. The molecular weight excluding hydrogens is 361 g/mol. The van der Waals surface area contributed by atoms with Crippen LogP contribution in [0.4, 0.5) is 4.39 Å². The van der Waals surface area contributed by atoms with Gasteiger partial charge in [-0.2, -0.15) is 5.10 Å². The van der Waals surface area contributed by atoms with Crippen molar-refractivity contribution in [2.75, 3.05) is 13.1 Å². The van der Waals surface area contributed by atoms with E-state index >= 15 is 0 Å². The zero-order valence-electron chi connectivity index (χ0n) is 15.5. The number of aromatic nitrogens is 4. The van der Waals surface area contributed by atoms with E-state index in [0.29, 0.717) is 30.4 Å². The largest absolute Gasteiger partial charge is 0.474 e. The lowest BCUT2D eigenvalue weighted by atomic mass is 10.1. The van der Waals surface area contributed by atoms with Crippen LogP contribution in [0.3, 0.4) is 0 Å². The maximum absolute atomic E-state index is 13.1. The SMILES string of the molecule is Cn1nc(-c2ccc(F)cc2)cc1C(=O)N1CCC(Oc2ccncn2)CC1. The Morgan fingerprint density at radius 1 is 1.18 bits per heavy atom.